The molecule has 2 aliphatic carbocycles. The van der Waals surface area contributed by atoms with Crippen molar-refractivity contribution in [1.29, 1.82) is 0 Å². The number of aliphatic hydroxyl groups excluding tert-OH is 1. The molecule has 0 aromatic rings. The minimum absolute atomic E-state index is 0.0574. The maximum Gasteiger partial charge on any atom is 0.230 e. The molecule has 1 heterocycles. The first-order chi connectivity index (χ1) is 16.0. The molecule has 0 amide bonds. The van der Waals surface area contributed by atoms with Gasteiger partial charge in [0.05, 0.1) is 20.1 Å². The first-order valence-electron chi connectivity index (χ1n) is 12.0. The van der Waals surface area contributed by atoms with Crippen molar-refractivity contribution in [3.8, 4) is 0 Å². The van der Waals surface area contributed by atoms with E-state index in [1.807, 2.05) is 45.1 Å². The fourth-order valence-electron chi connectivity index (χ4n) is 4.54. The lowest BCUT2D eigenvalue weighted by Gasteiger charge is -2.31. The van der Waals surface area contributed by atoms with Gasteiger partial charge in [0.25, 0.3) is 0 Å². The second-order valence-corrected chi connectivity index (χ2v) is 8.35. The molecule has 184 valence electrons. The molecular formula is C27H40O6. The Hall–Kier alpha value is -2.47. The van der Waals surface area contributed by atoms with E-state index in [0.717, 1.165) is 28.6 Å². The third-order valence-electron chi connectivity index (χ3n) is 6.34. The number of methoxy groups -OCH3 is 1. The first-order valence-corrected chi connectivity index (χ1v) is 12.0. The van der Waals surface area contributed by atoms with E-state index in [9.17, 15) is 9.90 Å². The number of aliphatic hydroxyl groups is 1. The molecule has 0 spiro atoms. The Labute approximate surface area is 198 Å². The van der Waals surface area contributed by atoms with E-state index < -0.39 is 0 Å². The summed E-state index contributed by atoms with van der Waals surface area (Å²) in [6.45, 7) is 10.5. The summed E-state index contributed by atoms with van der Waals surface area (Å²) in [6.07, 6.45) is 11.8. The summed E-state index contributed by atoms with van der Waals surface area (Å²) in [6, 6.07) is 0. The minimum atomic E-state index is -0.259. The molecule has 4 atom stereocenters. The number of hydrogen-bond donors (Lipinski definition) is 1. The van der Waals surface area contributed by atoms with Gasteiger partial charge in [-0.3, -0.25) is 4.79 Å². The van der Waals surface area contributed by atoms with Crippen LogP contribution in [-0.4, -0.2) is 38.0 Å². The number of allylic oxidation sites excluding steroid dienone is 7. The second-order valence-electron chi connectivity index (χ2n) is 8.35. The zero-order valence-electron chi connectivity index (χ0n) is 20.9. The van der Waals surface area contributed by atoms with Crippen LogP contribution in [0.2, 0.25) is 0 Å². The van der Waals surface area contributed by atoms with Gasteiger partial charge in [0.1, 0.15) is 23.1 Å². The predicted octanol–water partition coefficient (Wildman–Crippen LogP) is 5.43. The van der Waals surface area contributed by atoms with Crippen LogP contribution in [0.3, 0.4) is 0 Å². The summed E-state index contributed by atoms with van der Waals surface area (Å²) in [5.74, 6) is 3.25. The quantitative estimate of drug-likeness (QED) is 0.469. The number of carbonyl (C=O) groups is 1. The van der Waals surface area contributed by atoms with E-state index in [0.29, 0.717) is 25.9 Å². The molecule has 0 aromatic carbocycles. The number of carbonyl (C=O) groups excluding carboxylic acids is 1. The molecule has 0 bridgehead atoms. The van der Waals surface area contributed by atoms with E-state index >= 15 is 0 Å². The molecule has 1 aliphatic heterocycles. The highest BCUT2D eigenvalue weighted by atomic mass is 16.7. The number of hydrogen-bond acceptors (Lipinski definition) is 6. The van der Waals surface area contributed by atoms with E-state index in [-0.39, 0.29) is 42.9 Å². The van der Waals surface area contributed by atoms with Crippen molar-refractivity contribution in [3.05, 3.63) is 59.0 Å². The van der Waals surface area contributed by atoms with Crippen LogP contribution < -0.4 is 0 Å². The number of rotatable bonds is 10. The fourth-order valence-corrected chi connectivity index (χ4v) is 4.54. The Balaban J connectivity index is 0.00000187. The van der Waals surface area contributed by atoms with Gasteiger partial charge >= 0.3 is 0 Å². The van der Waals surface area contributed by atoms with Gasteiger partial charge in [-0.05, 0) is 62.3 Å². The molecule has 0 fully saturated rings. The third-order valence-corrected chi connectivity index (χ3v) is 6.34. The molecule has 6 heteroatoms. The van der Waals surface area contributed by atoms with Crippen LogP contribution in [0.1, 0.15) is 53.9 Å². The molecule has 33 heavy (non-hydrogen) atoms. The topological polar surface area (TPSA) is 74.2 Å². The van der Waals surface area contributed by atoms with E-state index in [4.69, 9.17) is 18.9 Å². The largest absolute Gasteiger partial charge is 0.501 e. The van der Waals surface area contributed by atoms with Gasteiger partial charge < -0.3 is 24.1 Å². The highest BCUT2D eigenvalue weighted by Crippen LogP contribution is 2.39. The Kier molecular flexibility index (Phi) is 10.8. The highest BCUT2D eigenvalue weighted by molar-refractivity contribution is 5.78. The van der Waals surface area contributed by atoms with E-state index in [2.05, 4.69) is 13.0 Å². The maximum absolute atomic E-state index is 12.6. The summed E-state index contributed by atoms with van der Waals surface area (Å²) in [4.78, 5) is 12.6. The van der Waals surface area contributed by atoms with Crippen LogP contribution in [0, 0.1) is 23.7 Å². The molecule has 6 nitrogen and oxygen atoms in total. The Morgan fingerprint density at radius 1 is 1.24 bits per heavy atom. The van der Waals surface area contributed by atoms with Crippen LogP contribution >= 0.6 is 0 Å². The summed E-state index contributed by atoms with van der Waals surface area (Å²) < 4.78 is 22.3. The maximum atomic E-state index is 12.6. The van der Waals surface area contributed by atoms with Gasteiger partial charge in [-0.25, -0.2) is 0 Å². The highest BCUT2D eigenvalue weighted by Gasteiger charge is 2.35. The molecule has 0 aromatic heterocycles. The fraction of sp³-hybridized carbons (Fsp3) is 0.593. The number of ketones is 1. The van der Waals surface area contributed by atoms with Crippen molar-refractivity contribution < 1.29 is 28.8 Å². The SMILES string of the molecule is CC.CCOC1=CC=C(C[C@@H](CO)[C@@H](CC2C=CC3=C(OCO3)C2C)C(C)=O)C=C(OC)C1. The standard InChI is InChI=1S/C25H34O6.C2H6/c1-5-29-21-8-6-18(11-22(13-21)28-4)10-20(14-26)23(17(3)27)12-19-7-9-24-25(16(19)2)31-15-30-24;1-2/h6-9,11,16,19-20,23,26H,5,10,12-15H2,1-4H3;1-2H3/t16?,19?,20-,23-;/m0./s1. The van der Waals surface area contributed by atoms with E-state index in [1.165, 1.54) is 0 Å². The van der Waals surface area contributed by atoms with Crippen LogP contribution in [0.5, 0.6) is 0 Å². The molecule has 2 unspecified atom stereocenters. The van der Waals surface area contributed by atoms with Crippen molar-refractivity contribution in [3.63, 3.8) is 0 Å². The first kappa shape index (κ1) is 26.8. The Morgan fingerprint density at radius 3 is 2.64 bits per heavy atom. The number of ether oxygens (including phenoxy) is 4. The van der Waals surface area contributed by atoms with Crippen LogP contribution in [0.15, 0.2) is 59.0 Å². The average Bonchev–Trinajstić information content (AvgIpc) is 3.22. The lowest BCUT2D eigenvalue weighted by Crippen LogP contribution is -2.30. The summed E-state index contributed by atoms with van der Waals surface area (Å²) in [5, 5.41) is 10.2. The van der Waals surface area contributed by atoms with Crippen LogP contribution in [0.4, 0.5) is 0 Å². The van der Waals surface area contributed by atoms with Crippen molar-refractivity contribution in [2.75, 3.05) is 27.1 Å². The zero-order valence-corrected chi connectivity index (χ0v) is 20.9. The number of Topliss-reactive ketones (excluding diaryl/α,β-unsaturated/α-hetero) is 1. The Morgan fingerprint density at radius 2 is 2.00 bits per heavy atom. The van der Waals surface area contributed by atoms with Gasteiger partial charge in [0.15, 0.2) is 5.76 Å². The molecular weight excluding hydrogens is 420 g/mol. The predicted molar refractivity (Wildman–Crippen MR) is 129 cm³/mol. The van der Waals surface area contributed by atoms with Gasteiger partial charge in [0.2, 0.25) is 6.79 Å². The summed E-state index contributed by atoms with van der Waals surface area (Å²) in [5.41, 5.74) is 1.02. The third kappa shape index (κ3) is 7.00. The van der Waals surface area contributed by atoms with Crippen molar-refractivity contribution >= 4 is 5.78 Å². The zero-order chi connectivity index (χ0) is 24.4. The van der Waals surface area contributed by atoms with Gasteiger partial charge in [-0.15, -0.1) is 0 Å². The van der Waals surface area contributed by atoms with Crippen LogP contribution in [0.25, 0.3) is 0 Å². The molecule has 3 rings (SSSR count). The summed E-state index contributed by atoms with van der Waals surface area (Å²) in [7, 11) is 1.65. The lowest BCUT2D eigenvalue weighted by molar-refractivity contribution is -0.123. The summed E-state index contributed by atoms with van der Waals surface area (Å²) >= 11 is 0. The molecule has 0 radical (unpaired) electrons. The molecule has 3 aliphatic rings. The monoisotopic (exact) mass is 460 g/mol. The Bertz CT molecular complexity index is 816. The lowest BCUT2D eigenvalue weighted by atomic mass is 9.74. The second kappa shape index (κ2) is 13.3. The molecule has 0 saturated heterocycles. The van der Waals surface area contributed by atoms with Gasteiger partial charge in [0, 0.05) is 18.4 Å². The molecule has 0 saturated carbocycles. The average molecular weight is 461 g/mol. The normalized spacial score (nSPS) is 23.3. The minimum Gasteiger partial charge on any atom is -0.501 e. The molecule has 1 N–H and O–H groups in total. The van der Waals surface area contributed by atoms with Crippen molar-refractivity contribution in [2.45, 2.75) is 53.9 Å². The van der Waals surface area contributed by atoms with Crippen LogP contribution in [-0.2, 0) is 23.7 Å². The van der Waals surface area contributed by atoms with Gasteiger partial charge in [-0.1, -0.05) is 32.9 Å². The van der Waals surface area contributed by atoms with Gasteiger partial charge in [-0.2, -0.15) is 0 Å². The van der Waals surface area contributed by atoms with E-state index in [1.54, 1.807) is 14.0 Å². The van der Waals surface area contributed by atoms with Crippen molar-refractivity contribution in [1.82, 2.24) is 0 Å². The smallest absolute Gasteiger partial charge is 0.230 e. The van der Waals surface area contributed by atoms with Crippen molar-refractivity contribution in [2.24, 2.45) is 23.7 Å².